The van der Waals surface area contributed by atoms with Crippen LogP contribution < -0.4 is 0 Å². The van der Waals surface area contributed by atoms with Crippen LogP contribution in [0, 0.1) is 0 Å². The molecule has 8 aromatic carbocycles. The van der Waals surface area contributed by atoms with Crippen LogP contribution in [-0.4, -0.2) is 9.55 Å². The highest BCUT2D eigenvalue weighted by Crippen LogP contribution is 2.45. The van der Waals surface area contributed by atoms with E-state index in [0.717, 1.165) is 60.6 Å². The maximum absolute atomic E-state index is 8.81. The smallest absolute Gasteiger partial charge is 0.145 e. The molecule has 2 nitrogen and oxygen atoms in total. The Morgan fingerprint density at radius 1 is 0.426 bits per heavy atom. The molecule has 0 spiro atoms. The van der Waals surface area contributed by atoms with Gasteiger partial charge in [-0.25, -0.2) is 4.98 Å². The zero-order valence-corrected chi connectivity index (χ0v) is 25.3. The number of nitrogens with zero attached hydrogens (tertiary/aromatic N) is 2. The summed E-state index contributed by atoms with van der Waals surface area (Å²) >= 11 is 0. The molecule has 0 unspecified atom stereocenters. The number of aromatic nitrogens is 2. The molecule has 0 aliphatic heterocycles. The van der Waals surface area contributed by atoms with Gasteiger partial charge in [-0.1, -0.05) is 152 Å². The predicted molar refractivity (Wildman–Crippen MR) is 198 cm³/mol. The number of hydrogen-bond donors (Lipinski definition) is 0. The van der Waals surface area contributed by atoms with Gasteiger partial charge in [-0.3, -0.25) is 4.57 Å². The van der Waals surface area contributed by atoms with Crippen molar-refractivity contribution in [3.05, 3.63) is 182 Å². The van der Waals surface area contributed by atoms with Crippen molar-refractivity contribution in [3.8, 4) is 50.5 Å². The van der Waals surface area contributed by atoms with Crippen molar-refractivity contribution < 1.29 is 6.85 Å². The molecule has 1 heterocycles. The second-order valence-electron chi connectivity index (χ2n) is 11.6. The minimum absolute atomic E-state index is 0.0594. The molecule has 9 rings (SSSR count). The highest BCUT2D eigenvalue weighted by atomic mass is 15.1. The van der Waals surface area contributed by atoms with E-state index in [0.29, 0.717) is 5.52 Å². The maximum Gasteiger partial charge on any atom is 0.145 e. The number of benzene rings is 8. The summed E-state index contributed by atoms with van der Waals surface area (Å²) in [5.41, 5.74) is 8.91. The van der Waals surface area contributed by atoms with E-state index in [1.807, 2.05) is 53.1 Å². The quantitative estimate of drug-likeness (QED) is 0.179. The van der Waals surface area contributed by atoms with Gasteiger partial charge in [0.25, 0.3) is 0 Å². The minimum Gasteiger partial charge on any atom is -0.292 e. The van der Waals surface area contributed by atoms with Crippen molar-refractivity contribution in [3.63, 3.8) is 0 Å². The first-order chi connectivity index (χ1) is 25.4. The van der Waals surface area contributed by atoms with E-state index in [2.05, 4.69) is 103 Å². The largest absolute Gasteiger partial charge is 0.292 e. The van der Waals surface area contributed by atoms with Crippen LogP contribution >= 0.6 is 0 Å². The van der Waals surface area contributed by atoms with Gasteiger partial charge in [-0.05, 0) is 85.3 Å². The second kappa shape index (κ2) is 11.3. The van der Waals surface area contributed by atoms with Crippen molar-refractivity contribution in [2.75, 3.05) is 0 Å². The molecule has 0 atom stereocenters. The van der Waals surface area contributed by atoms with E-state index in [-0.39, 0.29) is 23.5 Å². The number of para-hydroxylation sites is 2. The van der Waals surface area contributed by atoms with Gasteiger partial charge >= 0.3 is 0 Å². The molecular formula is C45H30N2. The average molecular weight is 604 g/mol. The first kappa shape index (κ1) is 22.3. The van der Waals surface area contributed by atoms with Gasteiger partial charge in [0.2, 0.25) is 0 Å². The van der Waals surface area contributed by atoms with Gasteiger partial charge in [0.1, 0.15) is 5.82 Å². The summed E-state index contributed by atoms with van der Waals surface area (Å²) in [7, 11) is 0. The molecule has 0 radical (unpaired) electrons. The molecule has 0 bridgehead atoms. The number of rotatable bonds is 5. The summed E-state index contributed by atoms with van der Waals surface area (Å²) in [6.45, 7) is 0. The van der Waals surface area contributed by atoms with E-state index >= 15 is 0 Å². The lowest BCUT2D eigenvalue weighted by Gasteiger charge is -2.19. The molecule has 0 N–H and O–H groups in total. The molecule has 0 amide bonds. The highest BCUT2D eigenvalue weighted by molar-refractivity contribution is 6.22. The van der Waals surface area contributed by atoms with Crippen LogP contribution in [0.2, 0.25) is 0 Å². The summed E-state index contributed by atoms with van der Waals surface area (Å²) in [4.78, 5) is 4.87. The van der Waals surface area contributed by atoms with Crippen LogP contribution in [0.15, 0.2) is 182 Å². The van der Waals surface area contributed by atoms with E-state index in [1.54, 1.807) is 0 Å². The lowest BCUT2D eigenvalue weighted by molar-refractivity contribution is 1.10. The Morgan fingerprint density at radius 3 is 1.81 bits per heavy atom. The van der Waals surface area contributed by atoms with Crippen LogP contribution in [0.25, 0.3) is 83.0 Å². The van der Waals surface area contributed by atoms with Crippen molar-refractivity contribution in [2.45, 2.75) is 0 Å². The Bertz CT molecular complexity index is 2820. The van der Waals surface area contributed by atoms with Crippen molar-refractivity contribution in [1.82, 2.24) is 9.55 Å². The van der Waals surface area contributed by atoms with Crippen LogP contribution in [0.4, 0.5) is 0 Å². The van der Waals surface area contributed by atoms with E-state index in [4.69, 9.17) is 11.8 Å². The van der Waals surface area contributed by atoms with Crippen LogP contribution in [0.5, 0.6) is 0 Å². The molecule has 47 heavy (non-hydrogen) atoms. The summed E-state index contributed by atoms with van der Waals surface area (Å²) in [6, 6.07) is 50.3. The van der Waals surface area contributed by atoms with Crippen molar-refractivity contribution >= 4 is 32.6 Å². The third-order valence-electron chi connectivity index (χ3n) is 8.87. The summed E-state index contributed by atoms with van der Waals surface area (Å²) in [5, 5.41) is 4.50. The summed E-state index contributed by atoms with van der Waals surface area (Å²) in [6.07, 6.45) is 0. The molecule has 0 saturated heterocycles. The number of imidazole rings is 1. The summed E-state index contributed by atoms with van der Waals surface area (Å²) in [5.74, 6) is 0.289. The first-order valence-electron chi connectivity index (χ1n) is 18.2. The Morgan fingerprint density at radius 2 is 1.04 bits per heavy atom. The Balaban J connectivity index is 1.35. The fourth-order valence-corrected chi connectivity index (χ4v) is 6.83. The second-order valence-corrected chi connectivity index (χ2v) is 11.6. The van der Waals surface area contributed by atoms with Gasteiger partial charge in [-0.2, -0.15) is 0 Å². The maximum atomic E-state index is 8.81. The van der Waals surface area contributed by atoms with Gasteiger partial charge in [0, 0.05) is 11.3 Å². The van der Waals surface area contributed by atoms with E-state index in [1.165, 1.54) is 5.56 Å². The topological polar surface area (TPSA) is 17.8 Å². The zero-order chi connectivity index (χ0) is 35.5. The molecule has 0 saturated carbocycles. The molecule has 9 aromatic rings. The lowest BCUT2D eigenvalue weighted by atomic mass is 9.85. The van der Waals surface area contributed by atoms with Crippen molar-refractivity contribution in [1.29, 1.82) is 0 Å². The highest BCUT2D eigenvalue weighted by Gasteiger charge is 2.19. The standard InChI is InChI=1S/C45H30N2/c1-4-15-31(16-5-1)34-27-28-39-40(30-34)43(32-17-6-2-7-18-32)37-23-10-11-24-38(37)44(39)35-21-14-22-36(29-35)47-42-26-13-12-25-41(42)46-45(47)33-19-8-3-9-20-33/h1-30H/i3D,8D,9D,19D,20D. The Kier molecular flexibility index (Phi) is 5.35. The van der Waals surface area contributed by atoms with Gasteiger partial charge in [-0.15, -0.1) is 0 Å². The Labute approximate surface area is 280 Å². The van der Waals surface area contributed by atoms with E-state index < -0.39 is 18.1 Å². The fraction of sp³-hybridized carbons (Fsp3) is 0. The molecule has 1 aromatic heterocycles. The molecular weight excluding hydrogens is 569 g/mol. The van der Waals surface area contributed by atoms with Crippen molar-refractivity contribution in [2.24, 2.45) is 0 Å². The monoisotopic (exact) mass is 603 g/mol. The van der Waals surface area contributed by atoms with Crippen LogP contribution in [0.3, 0.4) is 0 Å². The first-order valence-corrected chi connectivity index (χ1v) is 15.7. The molecule has 0 aliphatic rings. The van der Waals surface area contributed by atoms with Gasteiger partial charge in [0.15, 0.2) is 0 Å². The molecule has 0 aliphatic carbocycles. The SMILES string of the molecule is [2H]c1c([2H])c([2H])c(-c2nc3ccccc3n2-c2cccc(-c3c4ccccc4c(-c4ccccc4)c4cc(-c5ccccc5)ccc34)c2)c([2H])c1[2H]. The van der Waals surface area contributed by atoms with E-state index in [9.17, 15) is 0 Å². The van der Waals surface area contributed by atoms with Crippen LogP contribution in [-0.2, 0) is 0 Å². The predicted octanol–water partition coefficient (Wildman–Crippen LogP) is 12.0. The molecule has 2 heteroatoms. The third-order valence-corrected chi connectivity index (χ3v) is 8.87. The molecule has 0 fully saturated rings. The number of hydrogen-bond acceptors (Lipinski definition) is 1. The zero-order valence-electron chi connectivity index (χ0n) is 30.3. The van der Waals surface area contributed by atoms with Gasteiger partial charge in [0.05, 0.1) is 17.9 Å². The number of fused-ring (bicyclic) bond motifs is 3. The minimum atomic E-state index is -0.434. The normalized spacial score (nSPS) is 12.9. The lowest BCUT2D eigenvalue weighted by Crippen LogP contribution is -1.98. The summed E-state index contributed by atoms with van der Waals surface area (Å²) < 4.78 is 44.5. The molecule has 220 valence electrons. The van der Waals surface area contributed by atoms with Crippen LogP contribution in [0.1, 0.15) is 6.85 Å². The fourth-order valence-electron chi connectivity index (χ4n) is 6.83. The average Bonchev–Trinajstić information content (AvgIpc) is 3.58. The van der Waals surface area contributed by atoms with Gasteiger partial charge < -0.3 is 0 Å². The third kappa shape index (κ3) is 4.62. The Hall–Kier alpha value is -6.25.